The minimum atomic E-state index is -0.762. The molecule has 0 aliphatic heterocycles. The van der Waals surface area contributed by atoms with Crippen molar-refractivity contribution in [1.82, 2.24) is 20.1 Å². The van der Waals surface area contributed by atoms with Gasteiger partial charge in [0.2, 0.25) is 0 Å². The summed E-state index contributed by atoms with van der Waals surface area (Å²) in [5.74, 6) is 0.820. The molecule has 8 nitrogen and oxygen atoms in total. The Morgan fingerprint density at radius 1 is 1.16 bits per heavy atom. The number of methoxy groups -OCH3 is 1. The fourth-order valence-corrected chi connectivity index (χ4v) is 3.83. The van der Waals surface area contributed by atoms with E-state index in [1.54, 1.807) is 66.3 Å². The Morgan fingerprint density at radius 3 is 2.50 bits per heavy atom. The molecule has 9 heteroatoms. The number of thioether (sulfide) groups is 1. The van der Waals surface area contributed by atoms with Gasteiger partial charge in [-0.2, -0.15) is 0 Å². The minimum absolute atomic E-state index is 0.0663. The van der Waals surface area contributed by atoms with Gasteiger partial charge in [-0.25, -0.2) is 0 Å². The summed E-state index contributed by atoms with van der Waals surface area (Å²) < 4.78 is 6.84. The number of rotatable bonds is 11. The van der Waals surface area contributed by atoms with Crippen molar-refractivity contribution in [1.29, 1.82) is 0 Å². The maximum Gasteiger partial charge on any atom is 0.251 e. The molecule has 32 heavy (non-hydrogen) atoms. The molecule has 1 unspecified atom stereocenters. The minimum Gasteiger partial charge on any atom is -0.497 e. The molecular formula is C23H24N4O4S. The van der Waals surface area contributed by atoms with Crippen LogP contribution in [-0.2, 0) is 6.54 Å². The number of carbonyl (C=O) groups excluding carboxylic acids is 2. The summed E-state index contributed by atoms with van der Waals surface area (Å²) in [6.07, 6.45) is 1.66. The third-order valence-corrected chi connectivity index (χ3v) is 5.60. The number of hydrogen-bond acceptors (Lipinski definition) is 7. The lowest BCUT2D eigenvalue weighted by Crippen LogP contribution is -2.32. The molecule has 0 bridgehead atoms. The first-order chi connectivity index (χ1) is 15.6. The summed E-state index contributed by atoms with van der Waals surface area (Å²) in [6, 6.07) is 14.8. The number of amides is 1. The van der Waals surface area contributed by atoms with Crippen LogP contribution in [0.25, 0.3) is 0 Å². The number of aromatic nitrogens is 3. The number of benzene rings is 2. The summed E-state index contributed by atoms with van der Waals surface area (Å²) in [7, 11) is 1.57. The van der Waals surface area contributed by atoms with Crippen molar-refractivity contribution in [3.05, 3.63) is 84.2 Å². The number of ether oxygens (including phenoxy) is 1. The van der Waals surface area contributed by atoms with Crippen molar-refractivity contribution < 1.29 is 19.4 Å². The molecule has 1 heterocycles. The summed E-state index contributed by atoms with van der Waals surface area (Å²) in [6.45, 7) is 3.76. The van der Waals surface area contributed by atoms with Gasteiger partial charge in [-0.15, -0.1) is 16.8 Å². The third kappa shape index (κ3) is 5.63. The van der Waals surface area contributed by atoms with Crippen LogP contribution in [0.2, 0.25) is 0 Å². The summed E-state index contributed by atoms with van der Waals surface area (Å²) >= 11 is 1.23. The van der Waals surface area contributed by atoms with Crippen molar-refractivity contribution in [2.75, 3.05) is 19.5 Å². The van der Waals surface area contributed by atoms with Crippen molar-refractivity contribution in [3.8, 4) is 5.75 Å². The van der Waals surface area contributed by atoms with Crippen molar-refractivity contribution in [2.45, 2.75) is 17.7 Å². The molecule has 1 aromatic heterocycles. The SMILES string of the molecule is C=CCn1c(SCC(=O)c2ccc(OC)cc2)nnc1C(CO)NC(=O)c1ccccc1. The molecule has 2 aromatic carbocycles. The Balaban J connectivity index is 1.73. The molecule has 3 rings (SSSR count). The summed E-state index contributed by atoms with van der Waals surface area (Å²) in [5, 5.41) is 21.5. The molecule has 0 saturated heterocycles. The Labute approximate surface area is 190 Å². The van der Waals surface area contributed by atoms with Gasteiger partial charge in [0.25, 0.3) is 5.91 Å². The van der Waals surface area contributed by atoms with E-state index in [-0.39, 0.29) is 24.1 Å². The highest BCUT2D eigenvalue weighted by atomic mass is 32.2. The first-order valence-corrected chi connectivity index (χ1v) is 10.9. The first kappa shape index (κ1) is 23.2. The van der Waals surface area contributed by atoms with E-state index in [2.05, 4.69) is 22.1 Å². The molecule has 0 spiro atoms. The molecule has 0 fully saturated rings. The average molecular weight is 453 g/mol. The molecule has 3 aromatic rings. The number of nitrogens with one attached hydrogen (secondary N) is 1. The lowest BCUT2D eigenvalue weighted by Gasteiger charge is -2.17. The Morgan fingerprint density at radius 2 is 1.88 bits per heavy atom. The highest BCUT2D eigenvalue weighted by molar-refractivity contribution is 7.99. The van der Waals surface area contributed by atoms with E-state index in [9.17, 15) is 14.7 Å². The van der Waals surface area contributed by atoms with Gasteiger partial charge in [0, 0.05) is 17.7 Å². The Kier molecular flexibility index (Phi) is 8.18. The second-order valence-corrected chi connectivity index (χ2v) is 7.70. The number of aliphatic hydroxyl groups is 1. The monoisotopic (exact) mass is 452 g/mol. The van der Waals surface area contributed by atoms with Gasteiger partial charge in [-0.3, -0.25) is 9.59 Å². The zero-order chi connectivity index (χ0) is 22.9. The van der Waals surface area contributed by atoms with Gasteiger partial charge in [0.15, 0.2) is 16.8 Å². The van der Waals surface area contributed by atoms with Crippen molar-refractivity contribution >= 4 is 23.5 Å². The molecule has 166 valence electrons. The topological polar surface area (TPSA) is 106 Å². The van der Waals surface area contributed by atoms with Crippen LogP contribution in [0.1, 0.15) is 32.6 Å². The highest BCUT2D eigenvalue weighted by Gasteiger charge is 2.23. The average Bonchev–Trinajstić information content (AvgIpc) is 3.24. The lowest BCUT2D eigenvalue weighted by atomic mass is 10.1. The smallest absolute Gasteiger partial charge is 0.251 e. The summed E-state index contributed by atoms with van der Waals surface area (Å²) in [4.78, 5) is 25.1. The van der Waals surface area contributed by atoms with E-state index in [4.69, 9.17) is 4.74 Å². The number of allylic oxidation sites excluding steroid dienone is 1. The van der Waals surface area contributed by atoms with E-state index in [1.807, 2.05) is 6.07 Å². The zero-order valence-electron chi connectivity index (χ0n) is 17.6. The van der Waals surface area contributed by atoms with Crippen LogP contribution < -0.4 is 10.1 Å². The van der Waals surface area contributed by atoms with Crippen LogP contribution in [0, 0.1) is 0 Å². The van der Waals surface area contributed by atoms with Crippen LogP contribution in [0.5, 0.6) is 5.75 Å². The van der Waals surface area contributed by atoms with E-state index in [0.717, 1.165) is 0 Å². The van der Waals surface area contributed by atoms with Gasteiger partial charge >= 0.3 is 0 Å². The van der Waals surface area contributed by atoms with Crippen molar-refractivity contribution in [2.24, 2.45) is 0 Å². The van der Waals surface area contributed by atoms with Crippen LogP contribution in [0.3, 0.4) is 0 Å². The van der Waals surface area contributed by atoms with Crippen LogP contribution in [0.4, 0.5) is 0 Å². The van der Waals surface area contributed by atoms with Gasteiger partial charge in [-0.05, 0) is 36.4 Å². The standard InChI is InChI=1S/C23H24N4O4S/c1-3-13-27-21(19(14-28)24-22(30)17-7-5-4-6-8-17)25-26-23(27)32-15-20(29)16-9-11-18(31-2)12-10-16/h3-12,19,28H,1,13-15H2,2H3,(H,24,30). The second kappa shape index (κ2) is 11.3. The van der Waals surface area contributed by atoms with E-state index in [1.165, 1.54) is 11.8 Å². The fraction of sp³-hybridized carbons (Fsp3) is 0.217. The fourth-order valence-electron chi connectivity index (χ4n) is 2.98. The van der Waals surface area contributed by atoms with E-state index >= 15 is 0 Å². The largest absolute Gasteiger partial charge is 0.497 e. The Bertz CT molecular complexity index is 1070. The lowest BCUT2D eigenvalue weighted by molar-refractivity contribution is 0.0911. The van der Waals surface area contributed by atoms with Crippen molar-refractivity contribution in [3.63, 3.8) is 0 Å². The normalized spacial score (nSPS) is 11.6. The molecule has 0 aliphatic carbocycles. The maximum absolute atomic E-state index is 12.5. The zero-order valence-corrected chi connectivity index (χ0v) is 18.4. The number of carbonyl (C=O) groups is 2. The van der Waals surface area contributed by atoms with Gasteiger partial charge in [-0.1, -0.05) is 36.0 Å². The van der Waals surface area contributed by atoms with Gasteiger partial charge < -0.3 is 19.7 Å². The molecule has 0 saturated carbocycles. The number of aliphatic hydroxyl groups excluding tert-OH is 1. The van der Waals surface area contributed by atoms with Crippen LogP contribution in [0.15, 0.2) is 72.4 Å². The number of Topliss-reactive ketones (excluding diaryl/α,β-unsaturated/α-hetero) is 1. The number of ketones is 1. The molecule has 2 N–H and O–H groups in total. The number of nitrogens with zero attached hydrogens (tertiary/aromatic N) is 3. The molecule has 1 atom stereocenters. The number of hydrogen-bond donors (Lipinski definition) is 2. The van der Waals surface area contributed by atoms with Gasteiger partial charge in [0.05, 0.1) is 19.5 Å². The third-order valence-electron chi connectivity index (χ3n) is 4.64. The molecule has 0 aliphatic rings. The summed E-state index contributed by atoms with van der Waals surface area (Å²) in [5.41, 5.74) is 1.04. The molecular weight excluding hydrogens is 428 g/mol. The predicted molar refractivity (Wildman–Crippen MR) is 122 cm³/mol. The van der Waals surface area contributed by atoms with E-state index < -0.39 is 6.04 Å². The van der Waals surface area contributed by atoms with Gasteiger partial charge in [0.1, 0.15) is 11.8 Å². The van der Waals surface area contributed by atoms with Crippen LogP contribution in [-0.4, -0.2) is 51.0 Å². The van der Waals surface area contributed by atoms with Crippen LogP contribution >= 0.6 is 11.8 Å². The second-order valence-electron chi connectivity index (χ2n) is 6.76. The highest BCUT2D eigenvalue weighted by Crippen LogP contribution is 2.23. The quantitative estimate of drug-likeness (QED) is 0.262. The molecule has 1 amide bonds. The molecule has 0 radical (unpaired) electrons. The first-order valence-electron chi connectivity index (χ1n) is 9.88. The maximum atomic E-state index is 12.5. The van der Waals surface area contributed by atoms with E-state index in [0.29, 0.717) is 34.4 Å². The Hall–Kier alpha value is -3.43. The predicted octanol–water partition coefficient (Wildman–Crippen LogP) is 2.91.